The second-order valence-corrected chi connectivity index (χ2v) is 11.0. The Morgan fingerprint density at radius 3 is 2.53 bits per heavy atom. The molecule has 1 fully saturated rings. The minimum absolute atomic E-state index is 0.0404. The Labute approximate surface area is 196 Å². The van der Waals surface area contributed by atoms with Crippen molar-refractivity contribution in [2.24, 2.45) is 0 Å². The van der Waals surface area contributed by atoms with Gasteiger partial charge in [-0.15, -0.1) is 0 Å². The maximum absolute atomic E-state index is 13.7. The summed E-state index contributed by atoms with van der Waals surface area (Å²) >= 11 is 0. The van der Waals surface area contributed by atoms with Crippen LogP contribution < -0.4 is 0 Å². The van der Waals surface area contributed by atoms with E-state index in [1.807, 2.05) is 32.0 Å². The first kappa shape index (κ1) is 22.4. The van der Waals surface area contributed by atoms with E-state index in [2.05, 4.69) is 0 Å². The summed E-state index contributed by atoms with van der Waals surface area (Å²) in [7, 11) is -3.22. The molecular formula is C26H24FNO5S. The first-order chi connectivity index (χ1) is 16.2. The van der Waals surface area contributed by atoms with Crippen molar-refractivity contribution in [1.29, 1.82) is 0 Å². The van der Waals surface area contributed by atoms with Gasteiger partial charge in [-0.25, -0.2) is 12.8 Å². The fourth-order valence-corrected chi connectivity index (χ4v) is 6.19. The lowest BCUT2D eigenvalue weighted by atomic mass is 10.1. The molecule has 0 aliphatic carbocycles. The molecule has 8 heteroatoms. The highest BCUT2D eigenvalue weighted by molar-refractivity contribution is 7.91. The molecule has 2 aromatic heterocycles. The number of carbonyl (C=O) groups is 1. The Bertz CT molecular complexity index is 1480. The van der Waals surface area contributed by atoms with Gasteiger partial charge in [0.25, 0.3) is 5.91 Å². The lowest BCUT2D eigenvalue weighted by Gasteiger charge is -2.26. The summed E-state index contributed by atoms with van der Waals surface area (Å²) in [6.07, 6.45) is 0.359. The number of nitrogens with zero attached hydrogens (tertiary/aromatic N) is 1. The second kappa shape index (κ2) is 8.43. The zero-order valence-corrected chi connectivity index (χ0v) is 19.7. The fourth-order valence-electron chi connectivity index (χ4n) is 4.46. The maximum atomic E-state index is 13.7. The van der Waals surface area contributed by atoms with Gasteiger partial charge in [0.2, 0.25) is 0 Å². The molecule has 6 nitrogen and oxygen atoms in total. The maximum Gasteiger partial charge on any atom is 0.290 e. The summed E-state index contributed by atoms with van der Waals surface area (Å²) < 4.78 is 49.5. The third-order valence-corrected chi connectivity index (χ3v) is 8.06. The molecule has 2 aromatic carbocycles. The number of benzene rings is 2. The molecular weight excluding hydrogens is 457 g/mol. The van der Waals surface area contributed by atoms with Gasteiger partial charge >= 0.3 is 0 Å². The minimum Gasteiger partial charge on any atom is -0.459 e. The molecule has 4 aromatic rings. The van der Waals surface area contributed by atoms with Crippen LogP contribution in [0, 0.1) is 19.7 Å². The first-order valence-electron chi connectivity index (χ1n) is 11.1. The lowest BCUT2D eigenvalue weighted by molar-refractivity contribution is 0.0635. The Kier molecular flexibility index (Phi) is 5.56. The van der Waals surface area contributed by atoms with Crippen LogP contribution in [-0.2, 0) is 16.4 Å². The number of fused-ring (bicyclic) bond motifs is 1. The van der Waals surface area contributed by atoms with E-state index in [0.717, 1.165) is 16.5 Å². The van der Waals surface area contributed by atoms with Gasteiger partial charge in [0.15, 0.2) is 15.6 Å². The summed E-state index contributed by atoms with van der Waals surface area (Å²) in [5, 5.41) is 0.860. The average molecular weight is 482 g/mol. The number of hydrogen-bond acceptors (Lipinski definition) is 5. The van der Waals surface area contributed by atoms with E-state index in [-0.39, 0.29) is 35.5 Å². The van der Waals surface area contributed by atoms with Gasteiger partial charge in [0.05, 0.1) is 18.1 Å². The predicted molar refractivity (Wildman–Crippen MR) is 127 cm³/mol. The monoisotopic (exact) mass is 481 g/mol. The van der Waals surface area contributed by atoms with Crippen LogP contribution in [0.5, 0.6) is 0 Å². The topological polar surface area (TPSA) is 80.7 Å². The van der Waals surface area contributed by atoms with Crippen molar-refractivity contribution >= 4 is 26.7 Å². The second-order valence-electron chi connectivity index (χ2n) is 8.82. The van der Waals surface area contributed by atoms with E-state index >= 15 is 0 Å². The molecule has 34 heavy (non-hydrogen) atoms. The summed E-state index contributed by atoms with van der Waals surface area (Å²) in [4.78, 5) is 15.2. The van der Waals surface area contributed by atoms with Crippen LogP contribution in [-0.4, -0.2) is 36.8 Å². The predicted octanol–water partition coefficient (Wildman–Crippen LogP) is 5.28. The Morgan fingerprint density at radius 2 is 1.82 bits per heavy atom. The lowest BCUT2D eigenvalue weighted by Crippen LogP contribution is -2.40. The molecule has 0 unspecified atom stereocenters. The van der Waals surface area contributed by atoms with Crippen molar-refractivity contribution in [3.63, 3.8) is 0 Å². The van der Waals surface area contributed by atoms with Crippen molar-refractivity contribution in [2.45, 2.75) is 32.9 Å². The van der Waals surface area contributed by atoms with E-state index in [1.165, 1.54) is 17.0 Å². The van der Waals surface area contributed by atoms with Gasteiger partial charge in [-0.2, -0.15) is 0 Å². The fraction of sp³-hybridized carbons (Fsp3) is 0.269. The summed E-state index contributed by atoms with van der Waals surface area (Å²) in [5.41, 5.74) is 3.10. The number of aryl methyl sites for hydroxylation is 2. The molecule has 1 saturated heterocycles. The van der Waals surface area contributed by atoms with Crippen molar-refractivity contribution in [1.82, 2.24) is 4.90 Å². The third kappa shape index (κ3) is 4.25. The van der Waals surface area contributed by atoms with E-state index in [4.69, 9.17) is 8.83 Å². The van der Waals surface area contributed by atoms with Gasteiger partial charge in [0, 0.05) is 22.6 Å². The molecule has 0 saturated carbocycles. The number of hydrogen-bond donors (Lipinski definition) is 0. The highest BCUT2D eigenvalue weighted by atomic mass is 32.2. The van der Waals surface area contributed by atoms with Crippen LogP contribution >= 0.6 is 0 Å². The van der Waals surface area contributed by atoms with Crippen molar-refractivity contribution in [3.05, 3.63) is 83.1 Å². The Hall–Kier alpha value is -3.39. The number of rotatable bonds is 5. The molecule has 0 spiro atoms. The zero-order chi connectivity index (χ0) is 24.0. The zero-order valence-electron chi connectivity index (χ0n) is 18.9. The number of amides is 1. The van der Waals surface area contributed by atoms with E-state index in [9.17, 15) is 17.6 Å². The van der Waals surface area contributed by atoms with Gasteiger partial charge in [-0.3, -0.25) is 4.79 Å². The van der Waals surface area contributed by atoms with E-state index in [1.54, 1.807) is 24.3 Å². The van der Waals surface area contributed by atoms with Gasteiger partial charge in [-0.05, 0) is 68.8 Å². The standard InChI is InChI=1S/C26H24FNO5S/c1-16-3-9-24-22(13-16)17(2)25(33-24)26(29)28(20-11-12-34(30,31)15-20)14-21-8-10-23(32-21)18-4-6-19(27)7-5-18/h3-10,13,20H,11-12,14-15H2,1-2H3/t20-/m1/s1. The minimum atomic E-state index is -3.22. The largest absolute Gasteiger partial charge is 0.459 e. The number of sulfone groups is 1. The first-order valence-corrected chi connectivity index (χ1v) is 12.9. The number of carbonyl (C=O) groups excluding carboxylic acids is 1. The molecule has 1 aliphatic heterocycles. The molecule has 1 aliphatic rings. The van der Waals surface area contributed by atoms with Crippen molar-refractivity contribution in [3.8, 4) is 11.3 Å². The van der Waals surface area contributed by atoms with Crippen LogP contribution in [0.25, 0.3) is 22.3 Å². The molecule has 0 N–H and O–H groups in total. The quantitative estimate of drug-likeness (QED) is 0.388. The molecule has 5 rings (SSSR count). The van der Waals surface area contributed by atoms with Crippen molar-refractivity contribution in [2.75, 3.05) is 11.5 Å². The normalized spacial score (nSPS) is 17.3. The highest BCUT2D eigenvalue weighted by Gasteiger charge is 2.37. The molecule has 1 amide bonds. The van der Waals surface area contributed by atoms with E-state index < -0.39 is 15.9 Å². The SMILES string of the molecule is Cc1ccc2oc(C(=O)N(Cc3ccc(-c4ccc(F)cc4)o3)[C@@H]3CCS(=O)(=O)C3)c(C)c2c1. The van der Waals surface area contributed by atoms with Gasteiger partial charge in [-0.1, -0.05) is 11.6 Å². The molecule has 176 valence electrons. The van der Waals surface area contributed by atoms with Gasteiger partial charge in [0.1, 0.15) is 22.9 Å². The van der Waals surface area contributed by atoms with Crippen LogP contribution in [0.3, 0.4) is 0 Å². The number of furan rings is 2. The van der Waals surface area contributed by atoms with Crippen LogP contribution in [0.1, 0.15) is 33.9 Å². The number of halogens is 1. The summed E-state index contributed by atoms with van der Waals surface area (Å²) in [6.45, 7) is 3.90. The molecule has 0 radical (unpaired) electrons. The average Bonchev–Trinajstić information content (AvgIpc) is 3.50. The molecule has 3 heterocycles. The van der Waals surface area contributed by atoms with Gasteiger partial charge < -0.3 is 13.7 Å². The van der Waals surface area contributed by atoms with Crippen LogP contribution in [0.15, 0.2) is 63.4 Å². The smallest absolute Gasteiger partial charge is 0.290 e. The highest BCUT2D eigenvalue weighted by Crippen LogP contribution is 2.31. The van der Waals surface area contributed by atoms with E-state index in [0.29, 0.717) is 29.1 Å². The van der Waals surface area contributed by atoms with Crippen LogP contribution in [0.2, 0.25) is 0 Å². The van der Waals surface area contributed by atoms with Crippen molar-refractivity contribution < 1.29 is 26.4 Å². The Morgan fingerprint density at radius 1 is 1.06 bits per heavy atom. The molecule has 0 bridgehead atoms. The summed E-state index contributed by atoms with van der Waals surface area (Å²) in [6, 6.07) is 14.7. The summed E-state index contributed by atoms with van der Waals surface area (Å²) in [5.74, 6) is 0.481. The Balaban J connectivity index is 1.49. The van der Waals surface area contributed by atoms with Crippen LogP contribution in [0.4, 0.5) is 4.39 Å². The third-order valence-electron chi connectivity index (χ3n) is 6.31. The molecule has 1 atom stereocenters.